The molecule has 9 heteroatoms. The molecule has 7 nitrogen and oxygen atoms in total. The van der Waals surface area contributed by atoms with E-state index >= 15 is 0 Å². The van der Waals surface area contributed by atoms with Gasteiger partial charge < -0.3 is 9.84 Å². The molecule has 0 amide bonds. The number of aromatic amines is 1. The molecule has 1 fully saturated rings. The molecule has 1 saturated heterocycles. The molecule has 0 spiro atoms. The van der Waals surface area contributed by atoms with Gasteiger partial charge in [-0.2, -0.15) is 4.36 Å². The van der Waals surface area contributed by atoms with Crippen LogP contribution in [0.5, 0.6) is 5.75 Å². The Balaban J connectivity index is 2.16. The molecular weight excluding hydrogens is 366 g/mol. The van der Waals surface area contributed by atoms with Crippen molar-refractivity contribution in [3.05, 3.63) is 44.8 Å². The van der Waals surface area contributed by atoms with E-state index in [2.05, 4.69) is 9.46 Å². The number of carbonyl (C=O) groups is 1. The molecule has 0 bridgehead atoms. The molecule has 1 aliphatic rings. The number of nitrogens with one attached hydrogen (secondary N) is 1. The van der Waals surface area contributed by atoms with Crippen molar-refractivity contribution in [1.82, 2.24) is 9.78 Å². The molecular formula is C16H18ClN3O4S. The number of hydrogen-bond donors (Lipinski definition) is 1. The lowest BCUT2D eigenvalue weighted by molar-refractivity contribution is 0.103. The summed E-state index contributed by atoms with van der Waals surface area (Å²) in [5.74, 6) is 0.830. The van der Waals surface area contributed by atoms with E-state index in [4.69, 9.17) is 16.3 Å². The van der Waals surface area contributed by atoms with E-state index in [9.17, 15) is 13.8 Å². The zero-order chi connectivity index (χ0) is 18.2. The molecule has 1 aromatic heterocycles. The highest BCUT2D eigenvalue weighted by atomic mass is 35.5. The van der Waals surface area contributed by atoms with Crippen LogP contribution in [0.3, 0.4) is 0 Å². The van der Waals surface area contributed by atoms with Crippen molar-refractivity contribution in [2.75, 3.05) is 18.6 Å². The highest BCUT2D eigenvalue weighted by Crippen LogP contribution is 2.40. The number of ether oxygens (including phenoxy) is 1. The van der Waals surface area contributed by atoms with Gasteiger partial charge in [0.25, 0.3) is 5.56 Å². The molecule has 1 N–H and O–H groups in total. The average molecular weight is 384 g/mol. The fourth-order valence-corrected chi connectivity index (χ4v) is 5.30. The van der Waals surface area contributed by atoms with Crippen LogP contribution in [0.2, 0.25) is 5.02 Å². The molecule has 1 aromatic carbocycles. The predicted octanol–water partition coefficient (Wildman–Crippen LogP) is 2.50. The summed E-state index contributed by atoms with van der Waals surface area (Å²) in [4.78, 5) is 24.7. The number of methoxy groups -OCH3 is 1. The predicted molar refractivity (Wildman–Crippen MR) is 96.7 cm³/mol. The molecule has 0 unspecified atom stereocenters. The summed E-state index contributed by atoms with van der Waals surface area (Å²) in [6, 6.07) is 3.03. The van der Waals surface area contributed by atoms with Crippen molar-refractivity contribution < 1.29 is 13.7 Å². The van der Waals surface area contributed by atoms with Crippen LogP contribution in [0.4, 0.5) is 5.69 Å². The number of ketones is 1. The van der Waals surface area contributed by atoms with Crippen LogP contribution in [0, 0.1) is 0 Å². The van der Waals surface area contributed by atoms with Gasteiger partial charge >= 0.3 is 0 Å². The van der Waals surface area contributed by atoms with Crippen molar-refractivity contribution in [3.63, 3.8) is 0 Å². The first-order valence-electron chi connectivity index (χ1n) is 7.74. The average Bonchev–Trinajstić information content (AvgIpc) is 3.16. The molecule has 2 aromatic rings. The molecule has 3 rings (SSSR count). The number of rotatable bonds is 4. The minimum atomic E-state index is -2.40. The van der Waals surface area contributed by atoms with Crippen LogP contribution in [0.25, 0.3) is 0 Å². The Labute approximate surface area is 150 Å². The Morgan fingerprint density at radius 1 is 1.32 bits per heavy atom. The number of hydrogen-bond acceptors (Lipinski definition) is 5. The summed E-state index contributed by atoms with van der Waals surface area (Å²) in [5.41, 5.74) is -0.143. The fourth-order valence-electron chi connectivity index (χ4n) is 2.76. The van der Waals surface area contributed by atoms with E-state index in [-0.39, 0.29) is 21.8 Å². The van der Waals surface area contributed by atoms with Crippen molar-refractivity contribution >= 4 is 32.8 Å². The molecule has 1 aliphatic heterocycles. The van der Waals surface area contributed by atoms with Gasteiger partial charge in [-0.3, -0.25) is 14.3 Å². The summed E-state index contributed by atoms with van der Waals surface area (Å²) < 4.78 is 23.6. The van der Waals surface area contributed by atoms with Crippen molar-refractivity contribution in [3.8, 4) is 5.75 Å². The Morgan fingerprint density at radius 2 is 2.00 bits per heavy atom. The van der Waals surface area contributed by atoms with Crippen LogP contribution in [-0.2, 0) is 16.8 Å². The monoisotopic (exact) mass is 383 g/mol. The van der Waals surface area contributed by atoms with Crippen LogP contribution in [0.15, 0.2) is 27.5 Å². The smallest absolute Gasteiger partial charge is 0.277 e. The van der Waals surface area contributed by atoms with Crippen molar-refractivity contribution in [1.29, 1.82) is 0 Å². The van der Waals surface area contributed by atoms with E-state index in [1.54, 1.807) is 6.07 Å². The maximum absolute atomic E-state index is 12.8. The second kappa shape index (κ2) is 6.68. The number of nitrogens with zero attached hydrogens (tertiary/aromatic N) is 2. The number of carbonyl (C=O) groups excluding carboxylic acids is 1. The van der Waals surface area contributed by atoms with Gasteiger partial charge in [0.1, 0.15) is 17.0 Å². The number of H-pyrrole nitrogens is 1. The molecule has 0 radical (unpaired) electrons. The maximum Gasteiger partial charge on any atom is 0.277 e. The molecule has 0 saturated carbocycles. The number of aromatic nitrogens is 2. The summed E-state index contributed by atoms with van der Waals surface area (Å²) in [5, 5.41) is 2.70. The topological polar surface area (TPSA) is 93.5 Å². The van der Waals surface area contributed by atoms with E-state index in [1.807, 2.05) is 0 Å². The molecule has 25 heavy (non-hydrogen) atoms. The summed E-state index contributed by atoms with van der Waals surface area (Å²) in [6.45, 7) is 0. The first kappa shape index (κ1) is 17.8. The quantitative estimate of drug-likeness (QED) is 0.821. The second-order valence-electron chi connectivity index (χ2n) is 5.84. The van der Waals surface area contributed by atoms with Gasteiger partial charge in [-0.15, -0.1) is 0 Å². The lowest BCUT2D eigenvalue weighted by Crippen LogP contribution is -2.19. The van der Waals surface area contributed by atoms with E-state index in [1.165, 1.54) is 31.1 Å². The third-order valence-electron chi connectivity index (χ3n) is 4.16. The van der Waals surface area contributed by atoms with Crippen LogP contribution in [-0.4, -0.2) is 38.4 Å². The van der Waals surface area contributed by atoms with Gasteiger partial charge in [0.2, 0.25) is 5.78 Å². The SMILES string of the molecule is COc1ccc(C(=O)c2c[nH]n(C)c2=O)c(Cl)c1N=S1(=O)CCCC1. The Hall–Kier alpha value is -2.06. The van der Waals surface area contributed by atoms with E-state index < -0.39 is 21.1 Å². The Bertz CT molecular complexity index is 1000. The number of aryl methyl sites for hydroxylation is 1. The highest BCUT2D eigenvalue weighted by Gasteiger charge is 2.24. The molecule has 0 atom stereocenters. The van der Waals surface area contributed by atoms with Gasteiger partial charge in [0, 0.05) is 30.3 Å². The first-order chi connectivity index (χ1) is 11.9. The van der Waals surface area contributed by atoms with E-state index in [0.29, 0.717) is 17.3 Å². The normalized spacial score (nSPS) is 16.0. The summed E-state index contributed by atoms with van der Waals surface area (Å²) in [7, 11) is 0.572. The van der Waals surface area contributed by atoms with E-state index in [0.717, 1.165) is 12.8 Å². The second-order valence-corrected chi connectivity index (χ2v) is 8.76. The Morgan fingerprint density at radius 3 is 2.56 bits per heavy atom. The summed E-state index contributed by atoms with van der Waals surface area (Å²) >= 11 is 6.40. The number of benzene rings is 1. The third kappa shape index (κ3) is 3.23. The van der Waals surface area contributed by atoms with Gasteiger partial charge in [-0.1, -0.05) is 11.6 Å². The lowest BCUT2D eigenvalue weighted by atomic mass is 10.1. The lowest BCUT2D eigenvalue weighted by Gasteiger charge is -2.11. The molecule has 0 aliphatic carbocycles. The van der Waals surface area contributed by atoms with Gasteiger partial charge in [-0.25, -0.2) is 4.21 Å². The third-order valence-corrected chi connectivity index (χ3v) is 6.91. The Kier molecular flexibility index (Phi) is 4.75. The summed E-state index contributed by atoms with van der Waals surface area (Å²) in [6.07, 6.45) is 3.03. The van der Waals surface area contributed by atoms with Gasteiger partial charge in [0.05, 0.1) is 21.9 Å². The zero-order valence-electron chi connectivity index (χ0n) is 13.9. The first-order valence-corrected chi connectivity index (χ1v) is 9.97. The fraction of sp³-hybridized carbons (Fsp3) is 0.375. The largest absolute Gasteiger partial charge is 0.494 e. The van der Waals surface area contributed by atoms with Crippen LogP contribution >= 0.6 is 11.6 Å². The minimum Gasteiger partial charge on any atom is -0.494 e. The molecule has 134 valence electrons. The molecule has 2 heterocycles. The minimum absolute atomic E-state index is 0.0226. The van der Waals surface area contributed by atoms with Crippen molar-refractivity contribution in [2.24, 2.45) is 11.4 Å². The zero-order valence-corrected chi connectivity index (χ0v) is 15.4. The van der Waals surface area contributed by atoms with Crippen LogP contribution in [0.1, 0.15) is 28.8 Å². The van der Waals surface area contributed by atoms with Crippen LogP contribution < -0.4 is 10.3 Å². The highest BCUT2D eigenvalue weighted by molar-refractivity contribution is 7.93. The standard InChI is InChI=1S/C16H18ClN3O4S/c1-20-16(22)11(9-18-20)15(21)10-5-6-12(24-2)14(13(10)17)19-25(23)7-3-4-8-25/h5-6,9,18H,3-4,7-8H2,1-2H3. The van der Waals surface area contributed by atoms with Gasteiger partial charge in [-0.05, 0) is 25.0 Å². The maximum atomic E-state index is 12.8. The number of halogens is 1. The van der Waals surface area contributed by atoms with Gasteiger partial charge in [0.15, 0.2) is 0 Å². The van der Waals surface area contributed by atoms with Crippen molar-refractivity contribution in [2.45, 2.75) is 12.8 Å².